The first-order valence-electron chi connectivity index (χ1n) is 6.72. The van der Waals surface area contributed by atoms with Crippen molar-refractivity contribution in [2.75, 3.05) is 13.4 Å². The van der Waals surface area contributed by atoms with E-state index in [9.17, 15) is 9.59 Å². The number of aromatic amines is 1. The summed E-state index contributed by atoms with van der Waals surface area (Å²) in [6.07, 6.45) is 1.94. The highest BCUT2D eigenvalue weighted by atomic mass is 32.2. The predicted octanol–water partition coefficient (Wildman–Crippen LogP) is 2.58. The SMILES string of the molecule is COC(=O)c1ccc2c(=O)[nH]c(CSc3nnc(SC)s3)nc2c1. The summed E-state index contributed by atoms with van der Waals surface area (Å²) in [5.74, 6) is 0.505. The number of H-pyrrole nitrogens is 1. The van der Waals surface area contributed by atoms with E-state index in [1.54, 1.807) is 18.2 Å². The van der Waals surface area contributed by atoms with Crippen LogP contribution in [-0.2, 0) is 10.5 Å². The lowest BCUT2D eigenvalue weighted by Crippen LogP contribution is -2.12. The number of benzene rings is 1. The van der Waals surface area contributed by atoms with Crippen molar-refractivity contribution in [3.05, 3.63) is 39.9 Å². The van der Waals surface area contributed by atoms with Crippen molar-refractivity contribution in [2.24, 2.45) is 0 Å². The summed E-state index contributed by atoms with van der Waals surface area (Å²) in [5, 5.41) is 8.51. The minimum Gasteiger partial charge on any atom is -0.465 e. The van der Waals surface area contributed by atoms with Crippen LogP contribution in [0.25, 0.3) is 10.9 Å². The fraction of sp³-hybridized carbons (Fsp3) is 0.214. The van der Waals surface area contributed by atoms with Gasteiger partial charge in [-0.05, 0) is 24.5 Å². The maximum Gasteiger partial charge on any atom is 0.337 e. The fourth-order valence-electron chi connectivity index (χ4n) is 1.97. The Morgan fingerprint density at radius 3 is 2.83 bits per heavy atom. The molecule has 2 aromatic heterocycles. The maximum absolute atomic E-state index is 12.2. The highest BCUT2D eigenvalue weighted by molar-refractivity contribution is 8.02. The number of hydrogen-bond donors (Lipinski definition) is 1. The Labute approximate surface area is 149 Å². The number of nitrogens with one attached hydrogen (secondary N) is 1. The van der Waals surface area contributed by atoms with Gasteiger partial charge in [-0.15, -0.1) is 10.2 Å². The largest absolute Gasteiger partial charge is 0.465 e. The second-order valence-electron chi connectivity index (χ2n) is 4.56. The summed E-state index contributed by atoms with van der Waals surface area (Å²) in [4.78, 5) is 30.9. The van der Waals surface area contributed by atoms with Crippen molar-refractivity contribution < 1.29 is 9.53 Å². The zero-order valence-corrected chi connectivity index (χ0v) is 15.2. The third-order valence-corrected chi connectivity index (χ3v) is 6.11. The van der Waals surface area contributed by atoms with Crippen LogP contribution in [0.1, 0.15) is 16.2 Å². The van der Waals surface area contributed by atoms with E-state index in [1.165, 1.54) is 42.0 Å². The third kappa shape index (κ3) is 3.60. The molecule has 1 N–H and O–H groups in total. The van der Waals surface area contributed by atoms with E-state index in [2.05, 4.69) is 20.2 Å². The minimum absolute atomic E-state index is 0.242. The van der Waals surface area contributed by atoms with Crippen LogP contribution in [0.15, 0.2) is 31.7 Å². The van der Waals surface area contributed by atoms with E-state index in [0.717, 1.165) is 8.68 Å². The number of carbonyl (C=O) groups excluding carboxylic acids is 1. The zero-order valence-electron chi connectivity index (χ0n) is 12.7. The molecule has 3 aromatic rings. The van der Waals surface area contributed by atoms with Crippen molar-refractivity contribution in [3.8, 4) is 0 Å². The molecular weight excluding hydrogens is 368 g/mol. The Balaban J connectivity index is 1.87. The highest BCUT2D eigenvalue weighted by Crippen LogP contribution is 2.28. The molecule has 0 spiro atoms. The Morgan fingerprint density at radius 1 is 1.33 bits per heavy atom. The monoisotopic (exact) mass is 380 g/mol. The molecule has 10 heteroatoms. The molecule has 24 heavy (non-hydrogen) atoms. The molecule has 0 aliphatic rings. The summed E-state index contributed by atoms with van der Waals surface area (Å²) in [7, 11) is 1.31. The highest BCUT2D eigenvalue weighted by Gasteiger charge is 2.11. The van der Waals surface area contributed by atoms with Crippen LogP contribution in [0.2, 0.25) is 0 Å². The molecule has 0 saturated carbocycles. The zero-order chi connectivity index (χ0) is 17.1. The van der Waals surface area contributed by atoms with Gasteiger partial charge in [-0.1, -0.05) is 34.9 Å². The molecule has 0 aliphatic carbocycles. The molecule has 0 bridgehead atoms. The molecule has 0 saturated heterocycles. The second kappa shape index (κ2) is 7.32. The number of fused-ring (bicyclic) bond motifs is 1. The Morgan fingerprint density at radius 2 is 2.12 bits per heavy atom. The van der Waals surface area contributed by atoms with Gasteiger partial charge in [0.15, 0.2) is 8.68 Å². The number of methoxy groups -OCH3 is 1. The normalized spacial score (nSPS) is 10.9. The number of hydrogen-bond acceptors (Lipinski definition) is 9. The van der Waals surface area contributed by atoms with Gasteiger partial charge in [0.2, 0.25) is 0 Å². The molecule has 0 unspecified atom stereocenters. The molecule has 2 heterocycles. The molecule has 3 rings (SSSR count). The van der Waals surface area contributed by atoms with Crippen molar-refractivity contribution in [1.82, 2.24) is 20.2 Å². The minimum atomic E-state index is -0.464. The topological polar surface area (TPSA) is 97.8 Å². The van der Waals surface area contributed by atoms with Gasteiger partial charge in [-0.25, -0.2) is 9.78 Å². The number of nitrogens with zero attached hydrogens (tertiary/aromatic N) is 3. The van der Waals surface area contributed by atoms with Gasteiger partial charge >= 0.3 is 5.97 Å². The van der Waals surface area contributed by atoms with Crippen LogP contribution >= 0.6 is 34.9 Å². The first kappa shape index (κ1) is 16.9. The van der Waals surface area contributed by atoms with E-state index in [0.29, 0.717) is 28.0 Å². The van der Waals surface area contributed by atoms with Crippen molar-refractivity contribution in [1.29, 1.82) is 0 Å². The second-order valence-corrected chi connectivity index (χ2v) is 7.82. The number of rotatable bonds is 5. The summed E-state index contributed by atoms with van der Waals surface area (Å²) >= 11 is 4.48. The average molecular weight is 380 g/mol. The Hall–Kier alpha value is -1.91. The molecule has 124 valence electrons. The summed E-state index contributed by atoms with van der Waals surface area (Å²) in [6, 6.07) is 4.67. The lowest BCUT2D eigenvalue weighted by atomic mass is 10.1. The quantitative estimate of drug-likeness (QED) is 0.533. The molecule has 0 amide bonds. The van der Waals surface area contributed by atoms with Gasteiger partial charge in [0, 0.05) is 0 Å². The molecule has 0 aliphatic heterocycles. The van der Waals surface area contributed by atoms with Gasteiger partial charge < -0.3 is 9.72 Å². The first-order chi connectivity index (χ1) is 11.6. The van der Waals surface area contributed by atoms with Crippen LogP contribution in [0.4, 0.5) is 0 Å². The van der Waals surface area contributed by atoms with Crippen LogP contribution in [0.5, 0.6) is 0 Å². The van der Waals surface area contributed by atoms with Gasteiger partial charge in [-0.3, -0.25) is 4.79 Å². The smallest absolute Gasteiger partial charge is 0.337 e. The number of esters is 1. The summed E-state index contributed by atoms with van der Waals surface area (Å²) in [5.41, 5.74) is 0.573. The number of aromatic nitrogens is 4. The molecule has 0 radical (unpaired) electrons. The van der Waals surface area contributed by atoms with Crippen molar-refractivity contribution >= 4 is 51.7 Å². The number of ether oxygens (including phenoxy) is 1. The molecule has 0 fully saturated rings. The standard InChI is InChI=1S/C14H12N4O3S3/c1-21-12(20)7-3-4-8-9(5-7)15-10(16-11(8)19)6-23-14-18-17-13(22-2)24-14/h3-5H,6H2,1-2H3,(H,15,16,19). The summed E-state index contributed by atoms with van der Waals surface area (Å²) in [6.45, 7) is 0. The van der Waals surface area contributed by atoms with Gasteiger partial charge in [-0.2, -0.15) is 0 Å². The van der Waals surface area contributed by atoms with Gasteiger partial charge in [0.25, 0.3) is 5.56 Å². The summed E-state index contributed by atoms with van der Waals surface area (Å²) < 4.78 is 6.39. The van der Waals surface area contributed by atoms with E-state index >= 15 is 0 Å². The lowest BCUT2D eigenvalue weighted by molar-refractivity contribution is 0.0601. The predicted molar refractivity (Wildman–Crippen MR) is 95.0 cm³/mol. The first-order valence-corrected chi connectivity index (χ1v) is 9.75. The van der Waals surface area contributed by atoms with Crippen LogP contribution in [0.3, 0.4) is 0 Å². The number of carbonyl (C=O) groups is 1. The van der Waals surface area contributed by atoms with Gasteiger partial charge in [0.05, 0.1) is 29.3 Å². The van der Waals surface area contributed by atoms with E-state index in [4.69, 9.17) is 4.74 Å². The number of thioether (sulfide) groups is 2. The lowest BCUT2D eigenvalue weighted by Gasteiger charge is -2.04. The van der Waals surface area contributed by atoms with Crippen molar-refractivity contribution in [3.63, 3.8) is 0 Å². The molecule has 1 aromatic carbocycles. The Bertz CT molecular complexity index is 954. The Kier molecular flexibility index (Phi) is 5.17. The van der Waals surface area contributed by atoms with Crippen molar-refractivity contribution in [2.45, 2.75) is 14.4 Å². The van der Waals surface area contributed by atoms with E-state index < -0.39 is 5.97 Å². The average Bonchev–Trinajstić information content (AvgIpc) is 3.07. The third-order valence-electron chi connectivity index (χ3n) is 3.07. The van der Waals surface area contributed by atoms with Crippen LogP contribution < -0.4 is 5.56 Å². The van der Waals surface area contributed by atoms with Crippen LogP contribution in [-0.4, -0.2) is 39.5 Å². The van der Waals surface area contributed by atoms with E-state index in [-0.39, 0.29) is 5.56 Å². The molecular formula is C14H12N4O3S3. The maximum atomic E-state index is 12.2. The fourth-order valence-corrected chi connectivity index (χ4v) is 4.28. The van der Waals surface area contributed by atoms with E-state index in [1.807, 2.05) is 6.26 Å². The van der Waals surface area contributed by atoms with Crippen LogP contribution in [0, 0.1) is 0 Å². The molecule has 7 nitrogen and oxygen atoms in total. The van der Waals surface area contributed by atoms with Gasteiger partial charge in [0.1, 0.15) is 5.82 Å². The molecule has 0 atom stereocenters.